The molecular formula is C14H21N3O2S. The minimum absolute atomic E-state index is 0.0814. The highest BCUT2D eigenvalue weighted by molar-refractivity contribution is 7.11. The Morgan fingerprint density at radius 3 is 3.05 bits per heavy atom. The third-order valence-corrected chi connectivity index (χ3v) is 5.81. The molecule has 1 aliphatic carbocycles. The first-order chi connectivity index (χ1) is 9.37. The van der Waals surface area contributed by atoms with Crippen molar-refractivity contribution in [1.29, 1.82) is 0 Å². The van der Waals surface area contributed by atoms with E-state index in [2.05, 4.69) is 10.3 Å². The van der Waals surface area contributed by atoms with Crippen molar-refractivity contribution in [2.24, 2.45) is 17.1 Å². The Labute approximate surface area is 122 Å². The molecule has 1 aliphatic heterocycles. The first-order valence-electron chi connectivity index (χ1n) is 6.97. The van der Waals surface area contributed by atoms with Crippen molar-refractivity contribution >= 4 is 17.2 Å². The summed E-state index contributed by atoms with van der Waals surface area (Å²) in [5, 5.41) is 3.86. The number of nitrogens with two attached hydrogens (primary N) is 1. The summed E-state index contributed by atoms with van der Waals surface area (Å²) >= 11 is 1.59. The van der Waals surface area contributed by atoms with Crippen LogP contribution in [0.1, 0.15) is 30.2 Å². The lowest BCUT2D eigenvalue weighted by molar-refractivity contribution is -0.175. The van der Waals surface area contributed by atoms with E-state index in [1.807, 2.05) is 27.0 Å². The monoisotopic (exact) mass is 295 g/mol. The smallest absolute Gasteiger partial charge is 0.241 e. The largest absolute Gasteiger partial charge is 0.377 e. The van der Waals surface area contributed by atoms with Crippen molar-refractivity contribution in [1.82, 2.24) is 10.3 Å². The summed E-state index contributed by atoms with van der Waals surface area (Å²) in [6.07, 6.45) is 2.80. The zero-order chi connectivity index (χ0) is 14.5. The van der Waals surface area contributed by atoms with E-state index in [-0.39, 0.29) is 23.3 Å². The molecule has 6 heteroatoms. The molecule has 1 aromatic heterocycles. The SMILES string of the molecule is Cc1cnc(CNC(=O)C2(N)C3CCOC3C2(C)C)s1. The number of amides is 1. The number of ether oxygens (including phenoxy) is 1. The van der Waals surface area contributed by atoms with Gasteiger partial charge < -0.3 is 15.8 Å². The van der Waals surface area contributed by atoms with Crippen LogP contribution < -0.4 is 11.1 Å². The highest BCUT2D eigenvalue weighted by atomic mass is 32.1. The molecule has 5 nitrogen and oxygen atoms in total. The molecule has 1 saturated carbocycles. The summed E-state index contributed by atoms with van der Waals surface area (Å²) in [5.74, 6) is 0.0534. The Morgan fingerprint density at radius 1 is 1.65 bits per heavy atom. The number of thiazole rings is 1. The Bertz CT molecular complexity index is 542. The third-order valence-electron chi connectivity index (χ3n) is 4.90. The standard InChI is InChI=1S/C14H21N3O2S/c1-8-6-16-10(20-8)7-17-12(18)14(15)9-4-5-19-11(9)13(14,2)3/h6,9,11H,4-5,7,15H2,1-3H3,(H,17,18). The molecular weight excluding hydrogens is 274 g/mol. The van der Waals surface area contributed by atoms with Gasteiger partial charge in [0.2, 0.25) is 5.91 Å². The van der Waals surface area contributed by atoms with Crippen LogP contribution in [0, 0.1) is 18.3 Å². The molecule has 0 radical (unpaired) electrons. The van der Waals surface area contributed by atoms with Crippen molar-refractivity contribution < 1.29 is 9.53 Å². The first kappa shape index (κ1) is 14.0. The fourth-order valence-electron chi connectivity index (χ4n) is 3.63. The molecule has 0 spiro atoms. The van der Waals surface area contributed by atoms with Gasteiger partial charge in [-0.3, -0.25) is 4.79 Å². The van der Waals surface area contributed by atoms with Crippen molar-refractivity contribution in [3.05, 3.63) is 16.1 Å². The second-order valence-electron chi connectivity index (χ2n) is 6.32. The van der Waals surface area contributed by atoms with Gasteiger partial charge >= 0.3 is 0 Å². The zero-order valence-corrected chi connectivity index (χ0v) is 12.9. The molecule has 3 atom stereocenters. The van der Waals surface area contributed by atoms with E-state index in [4.69, 9.17) is 10.5 Å². The fraction of sp³-hybridized carbons (Fsp3) is 0.714. The molecule has 2 aliphatic rings. The third kappa shape index (κ3) is 1.75. The number of hydrogen-bond donors (Lipinski definition) is 2. The molecule has 110 valence electrons. The summed E-state index contributed by atoms with van der Waals surface area (Å²) in [6, 6.07) is 0. The van der Waals surface area contributed by atoms with Crippen molar-refractivity contribution in [3.63, 3.8) is 0 Å². The maximum atomic E-state index is 12.6. The molecule has 3 rings (SSSR count). The van der Waals surface area contributed by atoms with E-state index in [0.29, 0.717) is 13.2 Å². The lowest BCUT2D eigenvalue weighted by atomic mass is 9.48. The molecule has 2 fully saturated rings. The number of nitrogens with one attached hydrogen (secondary N) is 1. The van der Waals surface area contributed by atoms with Crippen molar-refractivity contribution in [3.8, 4) is 0 Å². The highest BCUT2D eigenvalue weighted by Crippen LogP contribution is 2.58. The topological polar surface area (TPSA) is 77.2 Å². The highest BCUT2D eigenvalue weighted by Gasteiger charge is 2.71. The number of hydrogen-bond acceptors (Lipinski definition) is 5. The maximum Gasteiger partial charge on any atom is 0.241 e. The average Bonchev–Trinajstić information content (AvgIpc) is 3.02. The Balaban J connectivity index is 1.70. The van der Waals surface area contributed by atoms with Gasteiger partial charge in [-0.25, -0.2) is 4.98 Å². The van der Waals surface area contributed by atoms with Gasteiger partial charge in [0.25, 0.3) is 0 Å². The fourth-order valence-corrected chi connectivity index (χ4v) is 4.36. The Morgan fingerprint density at radius 2 is 2.40 bits per heavy atom. The second-order valence-corrected chi connectivity index (χ2v) is 7.64. The van der Waals surface area contributed by atoms with Gasteiger partial charge in [-0.05, 0) is 13.3 Å². The minimum Gasteiger partial charge on any atom is -0.377 e. The lowest BCUT2D eigenvalue weighted by Crippen LogP contribution is -2.80. The first-order valence-corrected chi connectivity index (χ1v) is 7.79. The Kier molecular flexibility index (Phi) is 3.15. The van der Waals surface area contributed by atoms with Crippen LogP contribution in [0.4, 0.5) is 0 Å². The molecule has 3 N–H and O–H groups in total. The van der Waals surface area contributed by atoms with Crippen molar-refractivity contribution in [2.75, 3.05) is 6.61 Å². The molecule has 1 saturated heterocycles. The van der Waals surface area contributed by atoms with Gasteiger partial charge in [0.05, 0.1) is 12.6 Å². The molecule has 20 heavy (non-hydrogen) atoms. The van der Waals surface area contributed by atoms with E-state index in [1.165, 1.54) is 0 Å². The van der Waals surface area contributed by atoms with Gasteiger partial charge in [-0.15, -0.1) is 11.3 Å². The van der Waals surface area contributed by atoms with Gasteiger partial charge in [0.1, 0.15) is 10.5 Å². The van der Waals surface area contributed by atoms with E-state index in [9.17, 15) is 4.79 Å². The van der Waals surface area contributed by atoms with Gasteiger partial charge in [-0.2, -0.15) is 0 Å². The van der Waals surface area contributed by atoms with Crippen LogP contribution >= 0.6 is 11.3 Å². The number of fused-ring (bicyclic) bond motifs is 1. The van der Waals surface area contributed by atoms with Crippen LogP contribution in [0.5, 0.6) is 0 Å². The zero-order valence-electron chi connectivity index (χ0n) is 12.1. The van der Waals surface area contributed by atoms with Crippen LogP contribution in [0.2, 0.25) is 0 Å². The Hall–Kier alpha value is -0.980. The molecule has 3 unspecified atom stereocenters. The van der Waals surface area contributed by atoms with Crippen LogP contribution in [0.15, 0.2) is 6.20 Å². The van der Waals surface area contributed by atoms with E-state index < -0.39 is 5.54 Å². The minimum atomic E-state index is -0.833. The molecule has 2 heterocycles. The summed E-state index contributed by atoms with van der Waals surface area (Å²) in [6.45, 7) is 7.20. The van der Waals surface area contributed by atoms with Crippen LogP contribution in [0.3, 0.4) is 0 Å². The number of carbonyl (C=O) groups is 1. The number of aromatic nitrogens is 1. The van der Waals surface area contributed by atoms with Gasteiger partial charge in [-0.1, -0.05) is 13.8 Å². The predicted molar refractivity (Wildman–Crippen MR) is 77.2 cm³/mol. The van der Waals surface area contributed by atoms with Crippen LogP contribution in [0.25, 0.3) is 0 Å². The van der Waals surface area contributed by atoms with Gasteiger partial charge in [0, 0.05) is 29.0 Å². The van der Waals surface area contributed by atoms with E-state index in [1.54, 1.807) is 11.3 Å². The van der Waals surface area contributed by atoms with E-state index in [0.717, 1.165) is 16.3 Å². The molecule has 1 aromatic rings. The van der Waals surface area contributed by atoms with Crippen LogP contribution in [-0.4, -0.2) is 29.1 Å². The van der Waals surface area contributed by atoms with Crippen LogP contribution in [-0.2, 0) is 16.1 Å². The van der Waals surface area contributed by atoms with E-state index >= 15 is 0 Å². The number of rotatable bonds is 3. The molecule has 0 bridgehead atoms. The summed E-state index contributed by atoms with van der Waals surface area (Å²) in [7, 11) is 0. The molecule has 1 amide bonds. The van der Waals surface area contributed by atoms with Crippen molar-refractivity contribution in [2.45, 2.75) is 45.4 Å². The summed E-state index contributed by atoms with van der Waals surface area (Å²) in [5.41, 5.74) is 5.31. The molecule has 0 aromatic carbocycles. The number of nitrogens with zero attached hydrogens (tertiary/aromatic N) is 1. The quantitative estimate of drug-likeness (QED) is 0.878. The second kappa shape index (κ2) is 4.51. The maximum absolute atomic E-state index is 12.6. The van der Waals surface area contributed by atoms with Gasteiger partial charge in [0.15, 0.2) is 0 Å². The predicted octanol–water partition coefficient (Wildman–Crippen LogP) is 1.21. The number of aryl methyl sites for hydroxylation is 1. The normalized spacial score (nSPS) is 34.4. The summed E-state index contributed by atoms with van der Waals surface area (Å²) in [4.78, 5) is 18.0. The average molecular weight is 295 g/mol. The number of carbonyl (C=O) groups excluding carboxylic acids is 1. The summed E-state index contributed by atoms with van der Waals surface area (Å²) < 4.78 is 5.71. The lowest BCUT2D eigenvalue weighted by Gasteiger charge is -2.60.